The van der Waals surface area contributed by atoms with E-state index in [1.807, 2.05) is 22.7 Å². The number of hydrogen-bond acceptors (Lipinski definition) is 3. The minimum absolute atomic E-state index is 0.647. The van der Waals surface area contributed by atoms with Crippen molar-refractivity contribution >= 4 is 107 Å². The van der Waals surface area contributed by atoms with Crippen LogP contribution in [0.4, 0.5) is 0 Å². The minimum Gasteiger partial charge on any atom is -0.308 e. The van der Waals surface area contributed by atoms with Crippen molar-refractivity contribution in [2.45, 2.75) is 0 Å². The number of para-hydroxylation sites is 2. The summed E-state index contributed by atoms with van der Waals surface area (Å²) in [5.41, 5.74) is 6.81. The average molecular weight is 646 g/mol. The van der Waals surface area contributed by atoms with Crippen molar-refractivity contribution in [1.82, 2.24) is 9.13 Å². The largest absolute Gasteiger partial charge is 0.308 e. The van der Waals surface area contributed by atoms with Gasteiger partial charge < -0.3 is 9.13 Å². The van der Waals surface area contributed by atoms with Crippen LogP contribution in [0.15, 0.2) is 140 Å². The van der Waals surface area contributed by atoms with E-state index >= 15 is 0 Å². The van der Waals surface area contributed by atoms with Gasteiger partial charge in [-0.2, -0.15) is 5.26 Å². The molecule has 11 rings (SSSR count). The molecule has 0 aliphatic rings. The summed E-state index contributed by atoms with van der Waals surface area (Å²) in [4.78, 5) is 0. The van der Waals surface area contributed by atoms with E-state index < -0.39 is 0 Å². The molecule has 0 aliphatic carbocycles. The zero-order valence-corrected chi connectivity index (χ0v) is 27.1. The molecule has 222 valence electrons. The molecular weight excluding hydrogens is 623 g/mol. The summed E-state index contributed by atoms with van der Waals surface area (Å²) in [5.74, 6) is 0. The predicted octanol–water partition coefficient (Wildman–Crippen LogP) is 12.5. The van der Waals surface area contributed by atoms with E-state index in [-0.39, 0.29) is 0 Å². The highest BCUT2D eigenvalue weighted by atomic mass is 32.1. The summed E-state index contributed by atoms with van der Waals surface area (Å²) in [6, 6.07) is 52.6. The third kappa shape index (κ3) is 3.30. The summed E-state index contributed by atoms with van der Waals surface area (Å²) in [5, 5.41) is 21.0. The van der Waals surface area contributed by atoms with Crippen molar-refractivity contribution in [3.63, 3.8) is 0 Å². The zero-order valence-electron chi connectivity index (χ0n) is 25.4. The van der Waals surface area contributed by atoms with E-state index in [1.165, 1.54) is 61.9 Å². The third-order valence-electron chi connectivity index (χ3n) is 9.97. The minimum atomic E-state index is 0.647. The zero-order chi connectivity index (χ0) is 31.5. The highest BCUT2D eigenvalue weighted by molar-refractivity contribution is 7.26. The molecule has 0 saturated heterocycles. The van der Waals surface area contributed by atoms with Crippen LogP contribution in [0.1, 0.15) is 5.56 Å². The first kappa shape index (κ1) is 26.2. The summed E-state index contributed by atoms with van der Waals surface area (Å²) in [6.07, 6.45) is 0. The van der Waals surface area contributed by atoms with Gasteiger partial charge in [0.2, 0.25) is 0 Å². The monoisotopic (exact) mass is 645 g/mol. The Morgan fingerprint density at radius 1 is 0.375 bits per heavy atom. The Morgan fingerprint density at radius 3 is 1.29 bits per heavy atom. The van der Waals surface area contributed by atoms with Crippen molar-refractivity contribution < 1.29 is 0 Å². The molecule has 4 heterocycles. The predicted molar refractivity (Wildman–Crippen MR) is 206 cm³/mol. The molecule has 0 atom stereocenters. The highest BCUT2D eigenvalue weighted by Gasteiger charge is 2.23. The van der Waals surface area contributed by atoms with Gasteiger partial charge in [-0.05, 0) is 60.7 Å². The molecule has 7 aromatic carbocycles. The van der Waals surface area contributed by atoms with Gasteiger partial charge in [-0.3, -0.25) is 0 Å². The van der Waals surface area contributed by atoms with Gasteiger partial charge in [0.15, 0.2) is 0 Å². The summed E-state index contributed by atoms with van der Waals surface area (Å²) >= 11 is 3.68. The smallest absolute Gasteiger partial charge is 0.104 e. The van der Waals surface area contributed by atoms with Crippen molar-refractivity contribution in [2.75, 3.05) is 0 Å². The topological polar surface area (TPSA) is 33.6 Å². The van der Waals surface area contributed by atoms with Gasteiger partial charge in [0.1, 0.15) is 11.6 Å². The standard InChI is InChI=1S/C43H23N3S2/c44-24-29-32(45-30-14-5-1-10-25(30)40-34(45)20-22-38-42(40)27-12-3-7-18-36(27)47-38)16-9-17-33(29)46-31-15-6-2-11-26(31)41-35(46)21-23-39-43(41)28-13-4-8-19-37(28)48-39/h1-23H. The van der Waals surface area contributed by atoms with E-state index in [0.29, 0.717) is 5.56 Å². The average Bonchev–Trinajstić information content (AvgIpc) is 3.88. The number of aromatic nitrogens is 2. The second kappa shape index (κ2) is 9.56. The van der Waals surface area contributed by atoms with Crippen molar-refractivity contribution in [3.05, 3.63) is 145 Å². The van der Waals surface area contributed by atoms with Crippen molar-refractivity contribution in [3.8, 4) is 17.4 Å². The summed E-state index contributed by atoms with van der Waals surface area (Å²) in [7, 11) is 0. The molecule has 0 saturated carbocycles. The van der Waals surface area contributed by atoms with E-state index in [1.54, 1.807) is 0 Å². The Labute approximate surface area is 282 Å². The molecule has 0 bridgehead atoms. The third-order valence-corrected chi connectivity index (χ3v) is 12.2. The van der Waals surface area contributed by atoms with Gasteiger partial charge in [-0.25, -0.2) is 0 Å². The normalized spacial score (nSPS) is 12.1. The van der Waals surface area contributed by atoms with Gasteiger partial charge in [0.25, 0.3) is 0 Å². The SMILES string of the molecule is N#Cc1c(-n2c3ccccc3c3c4c(ccc32)sc2ccccc24)cccc1-n1c2ccccc2c2c3c(ccc21)sc1ccccc13. The fourth-order valence-corrected chi connectivity index (χ4v) is 10.3. The molecule has 0 radical (unpaired) electrons. The van der Waals surface area contributed by atoms with E-state index in [0.717, 1.165) is 33.4 Å². The van der Waals surface area contributed by atoms with E-state index in [4.69, 9.17) is 0 Å². The van der Waals surface area contributed by atoms with Crippen LogP contribution in [0.25, 0.3) is 95.3 Å². The van der Waals surface area contributed by atoms with Crippen LogP contribution in [0.5, 0.6) is 0 Å². The first-order chi connectivity index (χ1) is 23.8. The maximum absolute atomic E-state index is 11.1. The number of benzene rings is 7. The Bertz CT molecular complexity index is 2990. The second-order valence-corrected chi connectivity index (χ2v) is 14.5. The number of rotatable bonds is 2. The number of thiophene rings is 2. The molecule has 0 fully saturated rings. The van der Waals surface area contributed by atoms with Gasteiger partial charge >= 0.3 is 0 Å². The fourth-order valence-electron chi connectivity index (χ4n) is 8.08. The number of fused-ring (bicyclic) bond motifs is 14. The number of nitrogens with zero attached hydrogens (tertiary/aromatic N) is 3. The first-order valence-electron chi connectivity index (χ1n) is 16.0. The Morgan fingerprint density at radius 2 is 0.812 bits per heavy atom. The lowest BCUT2D eigenvalue weighted by Gasteiger charge is -2.15. The van der Waals surface area contributed by atoms with Gasteiger partial charge in [0, 0.05) is 61.9 Å². The number of hydrogen-bond donors (Lipinski definition) is 0. The van der Waals surface area contributed by atoms with Crippen LogP contribution in [-0.4, -0.2) is 9.13 Å². The van der Waals surface area contributed by atoms with Gasteiger partial charge in [-0.1, -0.05) is 78.9 Å². The van der Waals surface area contributed by atoms with E-state index in [2.05, 4.69) is 155 Å². The highest BCUT2D eigenvalue weighted by Crippen LogP contribution is 2.46. The maximum atomic E-state index is 11.1. The second-order valence-electron chi connectivity index (χ2n) is 12.4. The molecule has 0 spiro atoms. The Balaban J connectivity index is 1.27. The summed E-state index contributed by atoms with van der Waals surface area (Å²) in [6.45, 7) is 0. The van der Waals surface area contributed by atoms with E-state index in [9.17, 15) is 5.26 Å². The molecule has 3 nitrogen and oxygen atoms in total. The van der Waals surface area contributed by atoms with Crippen LogP contribution in [0.3, 0.4) is 0 Å². The van der Waals surface area contributed by atoms with Crippen LogP contribution in [0, 0.1) is 11.3 Å². The molecule has 0 aliphatic heterocycles. The van der Waals surface area contributed by atoms with Crippen molar-refractivity contribution in [1.29, 1.82) is 5.26 Å². The molecule has 5 heteroatoms. The Hall–Kier alpha value is -5.93. The van der Waals surface area contributed by atoms with Gasteiger partial charge in [-0.15, -0.1) is 22.7 Å². The van der Waals surface area contributed by atoms with Crippen molar-refractivity contribution in [2.24, 2.45) is 0 Å². The molecule has 48 heavy (non-hydrogen) atoms. The van der Waals surface area contributed by atoms with Gasteiger partial charge in [0.05, 0.1) is 33.4 Å². The molecule has 0 unspecified atom stereocenters. The summed E-state index contributed by atoms with van der Waals surface area (Å²) < 4.78 is 9.73. The molecule has 0 N–H and O–H groups in total. The Kier molecular flexibility index (Phi) is 5.21. The van der Waals surface area contributed by atoms with Crippen LogP contribution in [0.2, 0.25) is 0 Å². The number of nitriles is 1. The first-order valence-corrected chi connectivity index (χ1v) is 17.6. The lowest BCUT2D eigenvalue weighted by atomic mass is 10.1. The fraction of sp³-hybridized carbons (Fsp3) is 0. The molecule has 0 amide bonds. The van der Waals surface area contributed by atoms with Crippen LogP contribution in [-0.2, 0) is 0 Å². The molecule has 4 aromatic heterocycles. The van der Waals surface area contributed by atoms with Crippen LogP contribution >= 0.6 is 22.7 Å². The quantitative estimate of drug-likeness (QED) is 0.184. The maximum Gasteiger partial charge on any atom is 0.104 e. The van der Waals surface area contributed by atoms with Crippen LogP contribution < -0.4 is 0 Å². The lowest BCUT2D eigenvalue weighted by molar-refractivity contribution is 1.12. The molecule has 11 aromatic rings. The molecular formula is C43H23N3S2. The lowest BCUT2D eigenvalue weighted by Crippen LogP contribution is -2.03.